The number of hydrogen-bond acceptors (Lipinski definition) is 4. The van der Waals surface area contributed by atoms with Crippen molar-refractivity contribution in [2.45, 2.75) is 59.3 Å². The van der Waals surface area contributed by atoms with Crippen molar-refractivity contribution < 1.29 is 18.0 Å². The Morgan fingerprint density at radius 3 is 2.61 bits per heavy atom. The molecule has 6 nitrogen and oxygen atoms in total. The monoisotopic (exact) mass is 497 g/mol. The standard InChI is InChI=1S/C27H30F3N5O/c1-15-12-20(10-11-35(15)19(5)36)24-13-22-25(14-31-24)34(6)18(4)33-26(22)32-17(3)21-8-7-9-23(16(21)2)27(28,29)30/h7-9,12-15,17H,10-11H2,1-6H3/t15?,17-/m1/s1. The van der Waals surface area contributed by atoms with Crippen LogP contribution in [0.5, 0.6) is 0 Å². The number of halogens is 3. The van der Waals surface area contributed by atoms with Crippen LogP contribution < -0.4 is 5.49 Å². The molecule has 190 valence electrons. The van der Waals surface area contributed by atoms with Crippen LogP contribution in [0.1, 0.15) is 61.4 Å². The molecular weight excluding hydrogens is 467 g/mol. The Morgan fingerprint density at radius 1 is 1.25 bits per heavy atom. The van der Waals surface area contributed by atoms with Gasteiger partial charge >= 0.3 is 6.18 Å². The smallest absolute Gasteiger partial charge is 0.336 e. The molecule has 0 fully saturated rings. The second-order valence-electron chi connectivity index (χ2n) is 9.35. The fraction of sp³-hybridized carbons (Fsp3) is 0.407. The number of benzene rings is 1. The van der Waals surface area contributed by atoms with Gasteiger partial charge < -0.3 is 9.47 Å². The van der Waals surface area contributed by atoms with Crippen LogP contribution in [-0.4, -0.2) is 37.9 Å². The van der Waals surface area contributed by atoms with E-state index in [0.29, 0.717) is 29.8 Å². The lowest BCUT2D eigenvalue weighted by atomic mass is 9.97. The second kappa shape index (κ2) is 9.52. The molecule has 4 rings (SSSR count). The lowest BCUT2D eigenvalue weighted by molar-refractivity contribution is -0.138. The number of alkyl halides is 3. The first kappa shape index (κ1) is 25.6. The molecule has 3 aromatic rings. The van der Waals surface area contributed by atoms with Gasteiger partial charge in [-0.2, -0.15) is 13.2 Å². The highest BCUT2D eigenvalue weighted by Gasteiger charge is 2.33. The summed E-state index contributed by atoms with van der Waals surface area (Å²) in [5.74, 6) is 0.752. The largest absolute Gasteiger partial charge is 0.416 e. The van der Waals surface area contributed by atoms with Gasteiger partial charge in [0.05, 0.1) is 29.0 Å². The van der Waals surface area contributed by atoms with Crippen LogP contribution in [-0.2, 0) is 18.0 Å². The van der Waals surface area contributed by atoms with Crippen molar-refractivity contribution in [2.75, 3.05) is 6.54 Å². The van der Waals surface area contributed by atoms with E-state index in [1.165, 1.54) is 13.0 Å². The molecule has 2 atom stereocenters. The highest BCUT2D eigenvalue weighted by molar-refractivity contribution is 5.82. The Labute approximate surface area is 208 Å². The number of fused-ring (bicyclic) bond motifs is 1. The summed E-state index contributed by atoms with van der Waals surface area (Å²) in [6.07, 6.45) is 0.0823. The summed E-state index contributed by atoms with van der Waals surface area (Å²) < 4.78 is 42.3. The van der Waals surface area contributed by atoms with Crippen LogP contribution in [0.2, 0.25) is 0 Å². The molecule has 0 saturated carbocycles. The topological polar surface area (TPSA) is 63.4 Å². The summed E-state index contributed by atoms with van der Waals surface area (Å²) in [7, 11) is 1.89. The van der Waals surface area contributed by atoms with E-state index in [0.717, 1.165) is 28.2 Å². The van der Waals surface area contributed by atoms with Crippen LogP contribution in [0.25, 0.3) is 16.5 Å². The maximum atomic E-state index is 13.5. The van der Waals surface area contributed by atoms with Crippen LogP contribution in [0.15, 0.2) is 41.5 Å². The highest BCUT2D eigenvalue weighted by atomic mass is 19.4. The number of carbonyl (C=O) groups excluding carboxylic acids is 1. The van der Waals surface area contributed by atoms with Gasteiger partial charge in [-0.3, -0.25) is 14.8 Å². The predicted molar refractivity (Wildman–Crippen MR) is 133 cm³/mol. The van der Waals surface area contributed by atoms with Gasteiger partial charge in [0.15, 0.2) is 5.49 Å². The average molecular weight is 498 g/mol. The minimum Gasteiger partial charge on any atom is -0.336 e. The third kappa shape index (κ3) is 4.79. The van der Waals surface area contributed by atoms with E-state index >= 15 is 0 Å². The van der Waals surface area contributed by atoms with Gasteiger partial charge in [0.2, 0.25) is 5.91 Å². The SMILES string of the molecule is CC(=O)N1CCC(c2cc3c(=N[C@H](C)c4cccc(C(F)(F)F)c4C)nc(C)n(C)c3cn2)=CC1C. The summed E-state index contributed by atoms with van der Waals surface area (Å²) in [6, 6.07) is 5.55. The Bertz CT molecular complexity index is 1440. The van der Waals surface area contributed by atoms with Crippen molar-refractivity contribution in [1.29, 1.82) is 0 Å². The molecule has 0 N–H and O–H groups in total. The third-order valence-corrected chi connectivity index (χ3v) is 6.97. The molecule has 3 heterocycles. The normalized spacial score (nSPS) is 17.9. The Morgan fingerprint density at radius 2 is 1.97 bits per heavy atom. The van der Waals surface area contributed by atoms with E-state index < -0.39 is 17.8 Å². The number of carbonyl (C=O) groups is 1. The van der Waals surface area contributed by atoms with Crippen molar-refractivity contribution in [1.82, 2.24) is 19.4 Å². The molecule has 9 heteroatoms. The molecule has 1 unspecified atom stereocenters. The number of nitrogens with zero attached hydrogens (tertiary/aromatic N) is 5. The zero-order valence-electron chi connectivity index (χ0n) is 21.3. The fourth-order valence-electron chi connectivity index (χ4n) is 4.86. The Balaban J connectivity index is 1.84. The van der Waals surface area contributed by atoms with E-state index in [1.807, 2.05) is 42.5 Å². The van der Waals surface area contributed by atoms with Gasteiger partial charge in [-0.05, 0) is 62.9 Å². The van der Waals surface area contributed by atoms with Gasteiger partial charge in [-0.1, -0.05) is 18.2 Å². The van der Waals surface area contributed by atoms with Crippen LogP contribution in [0.3, 0.4) is 0 Å². The second-order valence-corrected chi connectivity index (χ2v) is 9.35. The zero-order chi connectivity index (χ0) is 26.4. The van der Waals surface area contributed by atoms with Crippen molar-refractivity contribution in [3.63, 3.8) is 0 Å². The van der Waals surface area contributed by atoms with Gasteiger partial charge in [0.1, 0.15) is 5.82 Å². The first-order valence-corrected chi connectivity index (χ1v) is 11.9. The third-order valence-electron chi connectivity index (χ3n) is 6.97. The summed E-state index contributed by atoms with van der Waals surface area (Å²) in [5, 5.41) is 0.770. The fourth-order valence-corrected chi connectivity index (χ4v) is 4.86. The summed E-state index contributed by atoms with van der Waals surface area (Å²) in [5.41, 5.74) is 3.13. The summed E-state index contributed by atoms with van der Waals surface area (Å²) >= 11 is 0. The molecule has 1 aliphatic heterocycles. The minimum atomic E-state index is -4.43. The molecular formula is C27H30F3N5O. The predicted octanol–water partition coefficient (Wildman–Crippen LogP) is 5.29. The lowest BCUT2D eigenvalue weighted by Crippen LogP contribution is -2.39. The molecule has 0 radical (unpaired) electrons. The van der Waals surface area contributed by atoms with E-state index in [2.05, 4.69) is 9.97 Å². The minimum absolute atomic E-state index is 0.0379. The van der Waals surface area contributed by atoms with Gasteiger partial charge in [-0.15, -0.1) is 0 Å². The maximum Gasteiger partial charge on any atom is 0.416 e. The van der Waals surface area contributed by atoms with Crippen molar-refractivity contribution in [3.05, 3.63) is 70.2 Å². The van der Waals surface area contributed by atoms with Crippen molar-refractivity contribution in [2.24, 2.45) is 12.0 Å². The molecule has 1 aromatic carbocycles. The van der Waals surface area contributed by atoms with Gasteiger partial charge in [-0.25, -0.2) is 4.98 Å². The van der Waals surface area contributed by atoms with E-state index in [-0.39, 0.29) is 17.5 Å². The number of rotatable bonds is 3. The van der Waals surface area contributed by atoms with E-state index in [1.54, 1.807) is 26.1 Å². The van der Waals surface area contributed by atoms with Crippen molar-refractivity contribution >= 4 is 22.4 Å². The first-order valence-electron chi connectivity index (χ1n) is 11.9. The number of aromatic nitrogens is 3. The molecule has 1 aliphatic rings. The average Bonchev–Trinajstić information content (AvgIpc) is 2.81. The van der Waals surface area contributed by atoms with Crippen molar-refractivity contribution in [3.8, 4) is 0 Å². The molecule has 0 aliphatic carbocycles. The Hall–Kier alpha value is -3.49. The van der Waals surface area contributed by atoms with Crippen LogP contribution >= 0.6 is 0 Å². The molecule has 0 saturated heterocycles. The Kier molecular flexibility index (Phi) is 6.77. The number of aryl methyl sites for hydroxylation is 2. The molecule has 1 amide bonds. The lowest BCUT2D eigenvalue weighted by Gasteiger charge is -2.31. The number of amides is 1. The van der Waals surface area contributed by atoms with E-state index in [9.17, 15) is 18.0 Å². The molecule has 0 bridgehead atoms. The highest BCUT2D eigenvalue weighted by Crippen LogP contribution is 2.35. The number of pyridine rings is 1. The van der Waals surface area contributed by atoms with Gasteiger partial charge in [0.25, 0.3) is 0 Å². The quantitative estimate of drug-likeness (QED) is 0.494. The van der Waals surface area contributed by atoms with Crippen LogP contribution in [0.4, 0.5) is 13.2 Å². The van der Waals surface area contributed by atoms with Crippen LogP contribution in [0, 0.1) is 13.8 Å². The number of hydrogen-bond donors (Lipinski definition) is 0. The molecule has 0 spiro atoms. The summed E-state index contributed by atoms with van der Waals surface area (Å²) in [6.45, 7) is 9.28. The van der Waals surface area contributed by atoms with E-state index in [4.69, 9.17) is 4.99 Å². The zero-order valence-corrected chi connectivity index (χ0v) is 21.3. The molecule has 36 heavy (non-hydrogen) atoms. The summed E-state index contributed by atoms with van der Waals surface area (Å²) in [4.78, 5) is 27.8. The van der Waals surface area contributed by atoms with Gasteiger partial charge in [0, 0.05) is 31.9 Å². The molecule has 2 aromatic heterocycles. The first-order chi connectivity index (χ1) is 16.9. The maximum absolute atomic E-state index is 13.5.